The van der Waals surface area contributed by atoms with Crippen molar-refractivity contribution < 1.29 is 4.79 Å². The molecule has 0 aliphatic heterocycles. The molecule has 86 valence electrons. The monoisotopic (exact) mass is 214 g/mol. The number of nitrogens with one attached hydrogen (secondary N) is 4. The average molecular weight is 214 g/mol. The van der Waals surface area contributed by atoms with E-state index in [1.165, 1.54) is 6.92 Å². The molecule has 0 aliphatic carbocycles. The van der Waals surface area contributed by atoms with Gasteiger partial charge in [-0.15, -0.1) is 0 Å². The molecule has 0 radical (unpaired) electrons. The number of nitrogens with two attached hydrogens (primary N) is 2. The predicted molar refractivity (Wildman–Crippen MR) is 58.7 cm³/mol. The lowest BCUT2D eigenvalue weighted by molar-refractivity contribution is -0.118. The zero-order valence-corrected chi connectivity index (χ0v) is 8.76. The van der Waals surface area contributed by atoms with Crippen molar-refractivity contribution in [2.24, 2.45) is 11.5 Å². The molecule has 0 fully saturated rings. The van der Waals surface area contributed by atoms with Gasteiger partial charge in [-0.2, -0.15) is 0 Å². The zero-order chi connectivity index (χ0) is 11.8. The van der Waals surface area contributed by atoms with Gasteiger partial charge in [-0.05, 0) is 19.8 Å². The van der Waals surface area contributed by atoms with Gasteiger partial charge in [0.15, 0.2) is 17.7 Å². The van der Waals surface area contributed by atoms with E-state index in [4.69, 9.17) is 22.3 Å². The number of ketones is 1. The average Bonchev–Trinajstić information content (AvgIpc) is 2.08. The van der Waals surface area contributed by atoms with Crippen LogP contribution in [-0.4, -0.2) is 30.3 Å². The molecule has 1 atom stereocenters. The second-order valence-corrected chi connectivity index (χ2v) is 3.20. The van der Waals surface area contributed by atoms with E-state index in [1.54, 1.807) is 0 Å². The van der Waals surface area contributed by atoms with Crippen molar-refractivity contribution in [2.45, 2.75) is 25.8 Å². The van der Waals surface area contributed by atoms with Crippen LogP contribution in [0.1, 0.15) is 19.8 Å². The number of carbonyl (C=O) groups excluding carboxylic acids is 1. The summed E-state index contributed by atoms with van der Waals surface area (Å²) in [6.07, 6.45) is 1.22. The molecule has 0 heterocycles. The number of hydrogen-bond acceptors (Lipinski definition) is 3. The van der Waals surface area contributed by atoms with Crippen molar-refractivity contribution in [3.05, 3.63) is 0 Å². The first-order chi connectivity index (χ1) is 6.93. The van der Waals surface area contributed by atoms with Gasteiger partial charge in [-0.1, -0.05) is 0 Å². The van der Waals surface area contributed by atoms with Crippen LogP contribution in [-0.2, 0) is 4.79 Å². The van der Waals surface area contributed by atoms with Gasteiger partial charge < -0.3 is 22.1 Å². The van der Waals surface area contributed by atoms with E-state index in [1.807, 2.05) is 0 Å². The van der Waals surface area contributed by atoms with Crippen molar-refractivity contribution in [3.63, 3.8) is 0 Å². The van der Waals surface area contributed by atoms with Crippen LogP contribution < -0.4 is 22.1 Å². The van der Waals surface area contributed by atoms with Gasteiger partial charge in [0.05, 0.1) is 6.04 Å². The fourth-order valence-electron chi connectivity index (χ4n) is 1.09. The Morgan fingerprint density at radius 2 is 1.93 bits per heavy atom. The lowest BCUT2D eigenvalue weighted by Gasteiger charge is -2.15. The fraction of sp³-hybridized carbons (Fsp3) is 0.625. The Hall–Kier alpha value is -1.79. The Morgan fingerprint density at radius 3 is 2.33 bits per heavy atom. The molecule has 7 heteroatoms. The molecule has 0 amide bonds. The summed E-state index contributed by atoms with van der Waals surface area (Å²) in [4.78, 5) is 11.1. The van der Waals surface area contributed by atoms with E-state index >= 15 is 0 Å². The summed E-state index contributed by atoms with van der Waals surface area (Å²) in [5.41, 5.74) is 10.2. The van der Waals surface area contributed by atoms with Crippen LogP contribution in [0.5, 0.6) is 0 Å². The molecule has 0 aromatic carbocycles. The van der Waals surface area contributed by atoms with E-state index in [9.17, 15) is 4.79 Å². The first kappa shape index (κ1) is 13.2. The zero-order valence-electron chi connectivity index (χ0n) is 8.76. The van der Waals surface area contributed by atoms with Crippen LogP contribution in [0.25, 0.3) is 0 Å². The molecule has 15 heavy (non-hydrogen) atoms. The topological polar surface area (TPSA) is 141 Å². The van der Waals surface area contributed by atoms with Crippen molar-refractivity contribution in [1.82, 2.24) is 10.6 Å². The Labute approximate surface area is 88.6 Å². The quantitative estimate of drug-likeness (QED) is 0.185. The highest BCUT2D eigenvalue weighted by molar-refractivity contribution is 5.86. The highest BCUT2D eigenvalue weighted by atomic mass is 16.1. The highest BCUT2D eigenvalue weighted by Crippen LogP contribution is 1.97. The van der Waals surface area contributed by atoms with Crippen LogP contribution in [0.15, 0.2) is 0 Å². The van der Waals surface area contributed by atoms with Crippen molar-refractivity contribution in [2.75, 3.05) is 6.54 Å². The molecule has 0 saturated heterocycles. The van der Waals surface area contributed by atoms with Crippen LogP contribution in [0.2, 0.25) is 0 Å². The number of hydrogen-bond donors (Lipinski definition) is 6. The van der Waals surface area contributed by atoms with Crippen LogP contribution in [0, 0.1) is 10.8 Å². The van der Waals surface area contributed by atoms with E-state index in [0.717, 1.165) is 0 Å². The van der Waals surface area contributed by atoms with Crippen LogP contribution in [0.4, 0.5) is 0 Å². The largest absolute Gasteiger partial charge is 0.370 e. The van der Waals surface area contributed by atoms with Crippen molar-refractivity contribution in [3.8, 4) is 0 Å². The minimum Gasteiger partial charge on any atom is -0.370 e. The molecule has 0 aromatic heterocycles. The lowest BCUT2D eigenvalue weighted by atomic mass is 10.1. The smallest absolute Gasteiger partial charge is 0.186 e. The van der Waals surface area contributed by atoms with E-state index in [0.29, 0.717) is 19.4 Å². The first-order valence-corrected chi connectivity index (χ1v) is 4.62. The van der Waals surface area contributed by atoms with Crippen LogP contribution >= 0.6 is 0 Å². The number of guanidine groups is 2. The third-order valence-electron chi connectivity index (χ3n) is 1.81. The van der Waals surface area contributed by atoms with Gasteiger partial charge in [0.2, 0.25) is 0 Å². The fourth-order valence-corrected chi connectivity index (χ4v) is 1.09. The summed E-state index contributed by atoms with van der Waals surface area (Å²) < 4.78 is 0. The molecule has 8 N–H and O–H groups in total. The first-order valence-electron chi connectivity index (χ1n) is 4.62. The minimum absolute atomic E-state index is 0.0620. The molecule has 0 rings (SSSR count). The molecule has 0 unspecified atom stereocenters. The molecule has 0 spiro atoms. The Kier molecular flexibility index (Phi) is 5.84. The molecular formula is C8H18N6O. The minimum atomic E-state index is -0.434. The second-order valence-electron chi connectivity index (χ2n) is 3.20. The Bertz CT molecular complexity index is 252. The number of rotatable bonds is 6. The van der Waals surface area contributed by atoms with Crippen LogP contribution in [0.3, 0.4) is 0 Å². The number of Topliss-reactive ketones (excluding diaryl/α,β-unsaturated/α-hetero) is 1. The van der Waals surface area contributed by atoms with Gasteiger partial charge in [-0.3, -0.25) is 15.6 Å². The summed E-state index contributed by atoms with van der Waals surface area (Å²) >= 11 is 0. The summed E-state index contributed by atoms with van der Waals surface area (Å²) in [5, 5.41) is 19.1. The molecular weight excluding hydrogens is 196 g/mol. The molecule has 0 aliphatic rings. The van der Waals surface area contributed by atoms with E-state index < -0.39 is 6.04 Å². The van der Waals surface area contributed by atoms with Crippen molar-refractivity contribution in [1.29, 1.82) is 10.8 Å². The van der Waals surface area contributed by atoms with Gasteiger partial charge in [0.25, 0.3) is 0 Å². The third kappa shape index (κ3) is 7.29. The van der Waals surface area contributed by atoms with Gasteiger partial charge in [-0.25, -0.2) is 0 Å². The van der Waals surface area contributed by atoms with Crippen molar-refractivity contribution >= 4 is 17.7 Å². The molecule has 7 nitrogen and oxygen atoms in total. The summed E-state index contributed by atoms with van der Waals surface area (Å²) in [6, 6.07) is -0.434. The Balaban J connectivity index is 3.81. The summed E-state index contributed by atoms with van der Waals surface area (Å²) in [7, 11) is 0. The highest BCUT2D eigenvalue weighted by Gasteiger charge is 2.13. The Morgan fingerprint density at radius 1 is 1.33 bits per heavy atom. The summed E-state index contributed by atoms with van der Waals surface area (Å²) in [6.45, 7) is 1.97. The third-order valence-corrected chi connectivity index (χ3v) is 1.81. The molecule has 0 bridgehead atoms. The maximum atomic E-state index is 11.1. The number of carbonyl (C=O) groups is 1. The van der Waals surface area contributed by atoms with E-state index in [-0.39, 0.29) is 17.7 Å². The molecule has 0 aromatic rings. The SMILES string of the molecule is CC(=O)[C@H](CCCNC(=N)N)NC(=N)N. The van der Waals surface area contributed by atoms with Gasteiger partial charge in [0.1, 0.15) is 0 Å². The predicted octanol–water partition coefficient (Wildman–Crippen LogP) is -1.31. The van der Waals surface area contributed by atoms with Gasteiger partial charge in [0, 0.05) is 6.54 Å². The summed E-state index contributed by atoms with van der Waals surface area (Å²) in [5.74, 6) is -0.364. The maximum Gasteiger partial charge on any atom is 0.186 e. The standard InChI is InChI=1S/C8H18N6O/c1-5(15)6(14-8(11)12)3-2-4-13-7(9)10/h6H,2-4H2,1H3,(H4,9,10,13)(H4,11,12,14)/t6-/m0/s1. The lowest BCUT2D eigenvalue weighted by Crippen LogP contribution is -2.43. The normalized spacial score (nSPS) is 11.5. The maximum absolute atomic E-state index is 11.1. The van der Waals surface area contributed by atoms with E-state index in [2.05, 4.69) is 10.6 Å². The molecule has 0 saturated carbocycles. The van der Waals surface area contributed by atoms with Gasteiger partial charge >= 0.3 is 0 Å². The second kappa shape index (κ2) is 6.63.